The molecule has 0 aliphatic heterocycles. The first-order valence-corrected chi connectivity index (χ1v) is 11.1. The molecule has 0 spiro atoms. The highest BCUT2D eigenvalue weighted by Gasteiger charge is 2.15. The summed E-state index contributed by atoms with van der Waals surface area (Å²) in [6.07, 6.45) is 3.75. The Labute approximate surface area is 185 Å². The maximum atomic E-state index is 5.75. The minimum Gasteiger partial charge on any atom is -0.494 e. The van der Waals surface area contributed by atoms with Crippen LogP contribution < -0.4 is 19.5 Å². The fraction of sp³-hybridized carbons (Fsp3) is 0.250. The molecule has 31 heavy (non-hydrogen) atoms. The fourth-order valence-electron chi connectivity index (χ4n) is 3.29. The number of unbranched alkanes of at least 4 members (excludes halogenated alkanes) is 1. The predicted octanol–water partition coefficient (Wildman–Crippen LogP) is 6.30. The number of rotatable bonds is 9. The molecule has 4 aromatic rings. The topological polar surface area (TPSA) is 65.5 Å². The van der Waals surface area contributed by atoms with Crippen molar-refractivity contribution in [1.82, 2.24) is 9.97 Å². The number of thiophene rings is 1. The van der Waals surface area contributed by atoms with E-state index in [2.05, 4.69) is 27.6 Å². The van der Waals surface area contributed by atoms with Crippen LogP contribution in [0.3, 0.4) is 0 Å². The largest absolute Gasteiger partial charge is 0.494 e. The molecule has 0 bridgehead atoms. The smallest absolute Gasteiger partial charge is 0.161 e. The van der Waals surface area contributed by atoms with Gasteiger partial charge in [0.05, 0.1) is 26.2 Å². The van der Waals surface area contributed by atoms with Crippen LogP contribution in [0.5, 0.6) is 17.2 Å². The van der Waals surface area contributed by atoms with E-state index in [1.807, 2.05) is 42.5 Å². The molecular formula is C24H25N3O3S. The lowest BCUT2D eigenvalue weighted by Crippen LogP contribution is -1.98. The van der Waals surface area contributed by atoms with Gasteiger partial charge in [-0.3, -0.25) is 0 Å². The summed E-state index contributed by atoms with van der Waals surface area (Å²) in [6.45, 7) is 2.89. The molecule has 0 atom stereocenters. The first kappa shape index (κ1) is 20.9. The summed E-state index contributed by atoms with van der Waals surface area (Å²) in [6, 6.07) is 13.8. The second kappa shape index (κ2) is 9.66. The summed E-state index contributed by atoms with van der Waals surface area (Å²) in [5.41, 5.74) is 3.00. The summed E-state index contributed by atoms with van der Waals surface area (Å²) in [4.78, 5) is 9.89. The van der Waals surface area contributed by atoms with E-state index in [0.29, 0.717) is 11.5 Å². The number of aromatic nitrogens is 2. The number of nitrogens with one attached hydrogen (secondary N) is 1. The number of anilines is 2. The van der Waals surface area contributed by atoms with Gasteiger partial charge < -0.3 is 19.5 Å². The molecule has 6 nitrogen and oxygen atoms in total. The number of fused-ring (bicyclic) bond motifs is 1. The molecule has 0 saturated carbocycles. The predicted molar refractivity (Wildman–Crippen MR) is 126 cm³/mol. The Morgan fingerprint density at radius 3 is 2.52 bits per heavy atom. The zero-order valence-corrected chi connectivity index (χ0v) is 18.7. The molecule has 2 heterocycles. The van der Waals surface area contributed by atoms with E-state index < -0.39 is 0 Å². The SMILES string of the molecule is CCCCOc1ccc(Nc2ncnc3scc(-c4ccc(OC)c(OC)c4)c23)cc1. The molecule has 4 rings (SSSR count). The first-order valence-electron chi connectivity index (χ1n) is 10.2. The molecular weight excluding hydrogens is 410 g/mol. The zero-order valence-electron chi connectivity index (χ0n) is 17.8. The van der Waals surface area contributed by atoms with Crippen LogP contribution in [0.4, 0.5) is 11.5 Å². The molecule has 2 aromatic heterocycles. The number of methoxy groups -OCH3 is 2. The highest BCUT2D eigenvalue weighted by atomic mass is 32.1. The van der Waals surface area contributed by atoms with Crippen molar-refractivity contribution in [2.24, 2.45) is 0 Å². The Kier molecular flexibility index (Phi) is 6.52. The fourth-order valence-corrected chi connectivity index (χ4v) is 4.21. The van der Waals surface area contributed by atoms with Crippen LogP contribution in [-0.2, 0) is 0 Å². The standard InChI is InChI=1S/C24H25N3O3S/c1-4-5-12-30-18-9-7-17(8-10-18)27-23-22-19(14-31-24(22)26-15-25-23)16-6-11-20(28-2)21(13-16)29-3/h6-11,13-15H,4-5,12H2,1-3H3,(H,25,26,27). The number of benzene rings is 2. The van der Waals surface area contributed by atoms with Crippen molar-refractivity contribution in [3.8, 4) is 28.4 Å². The van der Waals surface area contributed by atoms with Gasteiger partial charge in [-0.1, -0.05) is 19.4 Å². The lowest BCUT2D eigenvalue weighted by molar-refractivity contribution is 0.309. The molecule has 0 unspecified atom stereocenters. The van der Waals surface area contributed by atoms with Gasteiger partial charge in [0, 0.05) is 16.6 Å². The van der Waals surface area contributed by atoms with Crippen LogP contribution in [0.2, 0.25) is 0 Å². The van der Waals surface area contributed by atoms with Crippen LogP contribution in [-0.4, -0.2) is 30.8 Å². The van der Waals surface area contributed by atoms with Crippen molar-refractivity contribution in [3.05, 3.63) is 54.2 Å². The lowest BCUT2D eigenvalue weighted by atomic mass is 10.1. The molecule has 160 valence electrons. The first-order chi connectivity index (χ1) is 15.2. The monoisotopic (exact) mass is 435 g/mol. The zero-order chi connectivity index (χ0) is 21.6. The van der Waals surface area contributed by atoms with E-state index in [0.717, 1.165) is 58.0 Å². The summed E-state index contributed by atoms with van der Waals surface area (Å²) >= 11 is 1.59. The Bertz CT molecular complexity index is 1160. The summed E-state index contributed by atoms with van der Waals surface area (Å²) in [7, 11) is 3.27. The normalized spacial score (nSPS) is 10.8. The van der Waals surface area contributed by atoms with Gasteiger partial charge in [-0.25, -0.2) is 9.97 Å². The Morgan fingerprint density at radius 2 is 1.77 bits per heavy atom. The van der Waals surface area contributed by atoms with Crippen LogP contribution in [0, 0.1) is 0 Å². The maximum Gasteiger partial charge on any atom is 0.161 e. The highest BCUT2D eigenvalue weighted by Crippen LogP contribution is 2.40. The molecule has 7 heteroatoms. The molecule has 0 aliphatic carbocycles. The van der Waals surface area contributed by atoms with Gasteiger partial charge in [0.1, 0.15) is 22.7 Å². The van der Waals surface area contributed by atoms with Gasteiger partial charge >= 0.3 is 0 Å². The molecule has 0 amide bonds. The lowest BCUT2D eigenvalue weighted by Gasteiger charge is -2.11. The third-order valence-corrected chi connectivity index (χ3v) is 5.83. The second-order valence-electron chi connectivity index (χ2n) is 6.97. The Hall–Kier alpha value is -3.32. The number of hydrogen-bond acceptors (Lipinski definition) is 7. The van der Waals surface area contributed by atoms with Crippen molar-refractivity contribution >= 4 is 33.1 Å². The summed E-state index contributed by atoms with van der Waals surface area (Å²) in [5, 5.41) is 6.50. The average Bonchev–Trinajstić information content (AvgIpc) is 3.25. The van der Waals surface area contributed by atoms with Gasteiger partial charge in [0.15, 0.2) is 11.5 Å². The molecule has 0 radical (unpaired) electrons. The van der Waals surface area contributed by atoms with E-state index in [9.17, 15) is 0 Å². The van der Waals surface area contributed by atoms with Gasteiger partial charge in [-0.15, -0.1) is 11.3 Å². The van der Waals surface area contributed by atoms with Gasteiger partial charge in [0.2, 0.25) is 0 Å². The van der Waals surface area contributed by atoms with Crippen LogP contribution in [0.25, 0.3) is 21.3 Å². The quantitative estimate of drug-likeness (QED) is 0.311. The average molecular weight is 436 g/mol. The Balaban J connectivity index is 1.65. The van der Waals surface area contributed by atoms with E-state index in [-0.39, 0.29) is 0 Å². The molecule has 0 fully saturated rings. The summed E-state index contributed by atoms with van der Waals surface area (Å²) < 4.78 is 16.6. The molecule has 2 aromatic carbocycles. The van der Waals surface area contributed by atoms with E-state index in [1.54, 1.807) is 31.9 Å². The molecule has 0 aliphatic rings. The summed E-state index contributed by atoms with van der Waals surface area (Å²) in [5.74, 6) is 3.01. The van der Waals surface area contributed by atoms with Crippen LogP contribution >= 0.6 is 11.3 Å². The van der Waals surface area contributed by atoms with Crippen molar-refractivity contribution < 1.29 is 14.2 Å². The van der Waals surface area contributed by atoms with Crippen molar-refractivity contribution in [1.29, 1.82) is 0 Å². The van der Waals surface area contributed by atoms with Gasteiger partial charge in [-0.05, 0) is 48.4 Å². The number of hydrogen-bond donors (Lipinski definition) is 1. The molecule has 1 N–H and O–H groups in total. The minimum absolute atomic E-state index is 0.685. The van der Waals surface area contributed by atoms with E-state index in [1.165, 1.54) is 0 Å². The van der Waals surface area contributed by atoms with E-state index >= 15 is 0 Å². The molecule has 0 saturated heterocycles. The maximum absolute atomic E-state index is 5.75. The van der Waals surface area contributed by atoms with Crippen LogP contribution in [0.1, 0.15) is 19.8 Å². The van der Waals surface area contributed by atoms with Crippen LogP contribution in [0.15, 0.2) is 54.2 Å². The minimum atomic E-state index is 0.685. The van der Waals surface area contributed by atoms with E-state index in [4.69, 9.17) is 14.2 Å². The highest BCUT2D eigenvalue weighted by molar-refractivity contribution is 7.17. The van der Waals surface area contributed by atoms with Gasteiger partial charge in [-0.2, -0.15) is 0 Å². The van der Waals surface area contributed by atoms with Crippen molar-refractivity contribution in [2.75, 3.05) is 26.1 Å². The van der Waals surface area contributed by atoms with Crippen molar-refractivity contribution in [2.45, 2.75) is 19.8 Å². The number of nitrogens with zero attached hydrogens (tertiary/aromatic N) is 2. The number of ether oxygens (including phenoxy) is 3. The third kappa shape index (κ3) is 4.56. The third-order valence-electron chi connectivity index (χ3n) is 4.95. The van der Waals surface area contributed by atoms with Crippen molar-refractivity contribution in [3.63, 3.8) is 0 Å². The second-order valence-corrected chi connectivity index (χ2v) is 7.83. The Morgan fingerprint density at radius 1 is 0.968 bits per heavy atom. The van der Waals surface area contributed by atoms with Gasteiger partial charge in [0.25, 0.3) is 0 Å².